The van der Waals surface area contributed by atoms with Crippen LogP contribution in [0.1, 0.15) is 6.92 Å². The molecule has 21 heavy (non-hydrogen) atoms. The van der Waals surface area contributed by atoms with E-state index >= 15 is 0 Å². The van der Waals surface area contributed by atoms with E-state index in [1.54, 1.807) is 19.1 Å². The largest absolute Gasteiger partial charge is 0.300 e. The molecule has 0 fully saturated rings. The summed E-state index contributed by atoms with van der Waals surface area (Å²) in [6, 6.07) is 7.22. The Kier molecular flexibility index (Phi) is 5.15. The van der Waals surface area contributed by atoms with Gasteiger partial charge in [-0.05, 0) is 17.7 Å². The summed E-state index contributed by atoms with van der Waals surface area (Å²) in [6.07, 6.45) is 1.20. The van der Waals surface area contributed by atoms with Gasteiger partial charge in [-0.1, -0.05) is 46.6 Å². The van der Waals surface area contributed by atoms with Gasteiger partial charge < -0.3 is 0 Å². The van der Waals surface area contributed by atoms with Crippen molar-refractivity contribution in [2.24, 2.45) is 0 Å². The first-order valence-corrected chi connectivity index (χ1v) is 8.62. The lowest BCUT2D eigenvalue weighted by atomic mass is 10.1. The Bertz CT molecular complexity index is 737. The summed E-state index contributed by atoms with van der Waals surface area (Å²) in [4.78, 5) is 7.87. The monoisotopic (exact) mass is 390 g/mol. The molecule has 0 aliphatic heterocycles. The molecule has 0 aliphatic carbocycles. The number of aromatic nitrogens is 2. The van der Waals surface area contributed by atoms with Gasteiger partial charge >= 0.3 is 0 Å². The molecular formula is C12H12BrClN4O2S. The second-order valence-electron chi connectivity index (χ2n) is 4.00. The summed E-state index contributed by atoms with van der Waals surface area (Å²) < 4.78 is 29.2. The number of nitrogens with zero attached hydrogens (tertiary/aromatic N) is 2. The molecule has 0 amide bonds. The zero-order chi connectivity index (χ0) is 15.5. The zero-order valence-electron chi connectivity index (χ0n) is 11.0. The molecule has 2 aromatic rings. The van der Waals surface area contributed by atoms with Gasteiger partial charge in [-0.3, -0.25) is 4.72 Å². The van der Waals surface area contributed by atoms with Crippen LogP contribution in [-0.4, -0.2) is 24.9 Å². The van der Waals surface area contributed by atoms with Crippen LogP contribution in [0, 0.1) is 0 Å². The molecule has 1 aromatic carbocycles. The molecule has 0 bridgehead atoms. The van der Waals surface area contributed by atoms with Crippen molar-refractivity contribution in [2.75, 3.05) is 11.3 Å². The molecule has 1 heterocycles. The molecule has 0 saturated heterocycles. The van der Waals surface area contributed by atoms with E-state index in [2.05, 4.69) is 35.3 Å². The Labute approximate surface area is 136 Å². The smallest absolute Gasteiger partial charge is 0.254 e. The summed E-state index contributed by atoms with van der Waals surface area (Å²) in [6.45, 7) is 1.95. The topological polar surface area (TPSA) is 84.0 Å². The fourth-order valence-electron chi connectivity index (χ4n) is 1.67. The molecule has 1 aromatic heterocycles. The summed E-state index contributed by atoms with van der Waals surface area (Å²) >= 11 is 9.43. The van der Waals surface area contributed by atoms with E-state index in [9.17, 15) is 8.42 Å². The number of rotatable bonds is 5. The first-order valence-electron chi connectivity index (χ1n) is 5.97. The first-order chi connectivity index (χ1) is 9.93. The van der Waals surface area contributed by atoms with Crippen LogP contribution in [0.15, 0.2) is 35.1 Å². The molecule has 0 radical (unpaired) electrons. The van der Waals surface area contributed by atoms with Crippen molar-refractivity contribution in [2.45, 2.75) is 6.92 Å². The minimum Gasteiger partial charge on any atom is -0.254 e. The van der Waals surface area contributed by atoms with Crippen LogP contribution < -0.4 is 9.44 Å². The third kappa shape index (κ3) is 4.13. The van der Waals surface area contributed by atoms with E-state index in [0.717, 1.165) is 4.47 Å². The van der Waals surface area contributed by atoms with Crippen LogP contribution in [0.2, 0.25) is 5.15 Å². The van der Waals surface area contributed by atoms with E-state index in [0.29, 0.717) is 11.1 Å². The Morgan fingerprint density at radius 3 is 2.52 bits per heavy atom. The number of anilines is 1. The normalized spacial score (nSPS) is 11.4. The maximum absolute atomic E-state index is 11.8. The van der Waals surface area contributed by atoms with Crippen LogP contribution in [-0.2, 0) is 10.2 Å². The van der Waals surface area contributed by atoms with Gasteiger partial charge in [-0.25, -0.2) is 9.97 Å². The van der Waals surface area contributed by atoms with Crippen molar-refractivity contribution < 1.29 is 8.42 Å². The molecular weight excluding hydrogens is 380 g/mol. The van der Waals surface area contributed by atoms with Gasteiger partial charge in [-0.15, -0.1) is 0 Å². The highest BCUT2D eigenvalue weighted by atomic mass is 79.9. The summed E-state index contributed by atoms with van der Waals surface area (Å²) in [5.74, 6) is 0.123. The Morgan fingerprint density at radius 1 is 1.24 bits per heavy atom. The lowest BCUT2D eigenvalue weighted by molar-refractivity contribution is 0.589. The molecule has 6 nitrogen and oxygen atoms in total. The maximum Gasteiger partial charge on any atom is 0.300 e. The fraction of sp³-hybridized carbons (Fsp3) is 0.167. The molecule has 0 saturated carbocycles. The van der Waals surface area contributed by atoms with Gasteiger partial charge in [0.25, 0.3) is 10.2 Å². The molecule has 2 N–H and O–H groups in total. The van der Waals surface area contributed by atoms with E-state index in [-0.39, 0.29) is 17.5 Å². The highest BCUT2D eigenvalue weighted by Crippen LogP contribution is 2.32. The Morgan fingerprint density at radius 2 is 1.90 bits per heavy atom. The average molecular weight is 392 g/mol. The fourth-order valence-corrected chi connectivity index (χ4v) is 3.04. The minimum absolute atomic E-state index is 0.123. The average Bonchev–Trinajstić information content (AvgIpc) is 2.40. The molecule has 0 unspecified atom stereocenters. The minimum atomic E-state index is -3.70. The van der Waals surface area contributed by atoms with Gasteiger partial charge in [-0.2, -0.15) is 13.1 Å². The van der Waals surface area contributed by atoms with Crippen LogP contribution >= 0.6 is 27.5 Å². The number of benzene rings is 1. The van der Waals surface area contributed by atoms with Crippen LogP contribution in [0.25, 0.3) is 11.1 Å². The van der Waals surface area contributed by atoms with Crippen molar-refractivity contribution >= 4 is 43.6 Å². The van der Waals surface area contributed by atoms with Crippen molar-refractivity contribution in [1.82, 2.24) is 14.7 Å². The molecule has 0 spiro atoms. The predicted molar refractivity (Wildman–Crippen MR) is 86.4 cm³/mol. The lowest BCUT2D eigenvalue weighted by Gasteiger charge is -2.12. The third-order valence-corrected chi connectivity index (χ3v) is 4.45. The van der Waals surface area contributed by atoms with Crippen LogP contribution in [0.3, 0.4) is 0 Å². The third-order valence-electron chi connectivity index (χ3n) is 2.50. The second-order valence-corrected chi connectivity index (χ2v) is 6.77. The van der Waals surface area contributed by atoms with Crippen molar-refractivity contribution in [3.63, 3.8) is 0 Å². The van der Waals surface area contributed by atoms with Gasteiger partial charge in [0.05, 0.1) is 5.56 Å². The zero-order valence-corrected chi connectivity index (χ0v) is 14.1. The standard InChI is InChI=1S/C12H12BrClN4O2S/c1-2-17-21(19,20)18-12-10(11(14)15-7-16-12)8-3-5-9(13)6-4-8/h3-7,17H,2H2,1H3,(H,15,16,18). The van der Waals surface area contributed by atoms with Gasteiger partial charge in [0.2, 0.25) is 0 Å². The number of hydrogen-bond acceptors (Lipinski definition) is 4. The van der Waals surface area contributed by atoms with E-state index in [4.69, 9.17) is 11.6 Å². The maximum atomic E-state index is 11.8. The predicted octanol–water partition coefficient (Wildman–Crippen LogP) is 2.83. The lowest BCUT2D eigenvalue weighted by Crippen LogP contribution is -2.30. The summed E-state index contributed by atoms with van der Waals surface area (Å²) in [7, 11) is -3.70. The van der Waals surface area contributed by atoms with E-state index < -0.39 is 10.2 Å². The number of halogens is 2. The summed E-state index contributed by atoms with van der Waals surface area (Å²) in [5.41, 5.74) is 1.13. The van der Waals surface area contributed by atoms with Crippen molar-refractivity contribution in [1.29, 1.82) is 0 Å². The van der Waals surface area contributed by atoms with Crippen LogP contribution in [0.4, 0.5) is 5.82 Å². The quantitative estimate of drug-likeness (QED) is 0.768. The van der Waals surface area contributed by atoms with Gasteiger partial charge in [0.15, 0.2) is 5.82 Å². The van der Waals surface area contributed by atoms with Gasteiger partial charge in [0.1, 0.15) is 11.5 Å². The van der Waals surface area contributed by atoms with Crippen molar-refractivity contribution in [3.8, 4) is 11.1 Å². The molecule has 9 heteroatoms. The highest BCUT2D eigenvalue weighted by Gasteiger charge is 2.17. The Hall–Kier alpha value is -1.22. The molecule has 0 atom stereocenters. The number of nitrogens with one attached hydrogen (secondary N) is 2. The second kappa shape index (κ2) is 6.69. The summed E-state index contributed by atoms with van der Waals surface area (Å²) in [5, 5.41) is 0.168. The SMILES string of the molecule is CCNS(=O)(=O)Nc1ncnc(Cl)c1-c1ccc(Br)cc1. The molecule has 2 rings (SSSR count). The van der Waals surface area contributed by atoms with Crippen LogP contribution in [0.5, 0.6) is 0 Å². The van der Waals surface area contributed by atoms with E-state index in [1.807, 2.05) is 12.1 Å². The highest BCUT2D eigenvalue weighted by molar-refractivity contribution is 9.10. The first kappa shape index (κ1) is 16.2. The number of hydrogen-bond donors (Lipinski definition) is 2. The molecule has 112 valence electrons. The van der Waals surface area contributed by atoms with Crippen molar-refractivity contribution in [3.05, 3.63) is 40.2 Å². The van der Waals surface area contributed by atoms with Gasteiger partial charge in [0, 0.05) is 11.0 Å². The van der Waals surface area contributed by atoms with E-state index in [1.165, 1.54) is 6.33 Å². The molecule has 0 aliphatic rings. The Balaban J connectivity index is 2.48.